The molecule has 0 aromatic rings. The average Bonchev–Trinajstić information content (AvgIpc) is 2.85. The van der Waals surface area contributed by atoms with E-state index in [1.807, 2.05) is 6.08 Å². The molecule has 0 aromatic carbocycles. The van der Waals surface area contributed by atoms with Crippen LogP contribution in [0.5, 0.6) is 0 Å². The van der Waals surface area contributed by atoms with Crippen molar-refractivity contribution in [2.24, 2.45) is 16.7 Å². The van der Waals surface area contributed by atoms with Crippen LogP contribution in [-0.2, 0) is 4.79 Å². The zero-order valence-corrected chi connectivity index (χ0v) is 11.2. The maximum Gasteiger partial charge on any atom is 0.157 e. The average molecular weight is 233 g/mol. The summed E-state index contributed by atoms with van der Waals surface area (Å²) < 4.78 is 0. The molecule has 0 aromatic heterocycles. The molecule has 0 heterocycles. The number of rotatable bonds is 2. The lowest BCUT2D eigenvalue weighted by molar-refractivity contribution is -0.114. The van der Waals surface area contributed by atoms with Crippen LogP contribution in [0.1, 0.15) is 52.9 Å². The fraction of sp³-hybridized carbons (Fsp3) is 0.800. The van der Waals surface area contributed by atoms with E-state index in [9.17, 15) is 4.79 Å². The molecule has 0 aliphatic heterocycles. The molecule has 0 spiro atoms. The molecule has 3 rings (SSSR count). The number of allylic oxidation sites excluding steroid dienone is 2. The largest absolute Gasteiger partial charge is 0.384 e. The molecule has 2 nitrogen and oxygen atoms in total. The second-order valence-electron chi connectivity index (χ2n) is 7.13. The van der Waals surface area contributed by atoms with Crippen LogP contribution in [-0.4, -0.2) is 11.8 Å². The van der Waals surface area contributed by atoms with Gasteiger partial charge in [-0.1, -0.05) is 20.8 Å². The summed E-state index contributed by atoms with van der Waals surface area (Å²) in [6, 6.07) is 0.547. The van der Waals surface area contributed by atoms with E-state index in [2.05, 4.69) is 26.1 Å². The van der Waals surface area contributed by atoms with Crippen LogP contribution in [0.3, 0.4) is 0 Å². The molecule has 3 atom stereocenters. The van der Waals surface area contributed by atoms with Gasteiger partial charge in [-0.3, -0.25) is 4.79 Å². The summed E-state index contributed by atoms with van der Waals surface area (Å²) in [4.78, 5) is 11.3. The molecule has 3 unspecified atom stereocenters. The summed E-state index contributed by atoms with van der Waals surface area (Å²) in [5, 5.41) is 3.71. The lowest BCUT2D eigenvalue weighted by atomic mass is 9.68. The first-order valence-electron chi connectivity index (χ1n) is 6.92. The van der Waals surface area contributed by atoms with Gasteiger partial charge in [0.05, 0.1) is 0 Å². The van der Waals surface area contributed by atoms with Gasteiger partial charge < -0.3 is 5.32 Å². The number of ketones is 1. The van der Waals surface area contributed by atoms with E-state index < -0.39 is 0 Å². The lowest BCUT2D eigenvalue weighted by Crippen LogP contribution is -2.49. The van der Waals surface area contributed by atoms with Gasteiger partial charge in [0.15, 0.2) is 5.78 Å². The third-order valence-electron chi connectivity index (χ3n) is 5.58. The van der Waals surface area contributed by atoms with Crippen molar-refractivity contribution in [1.82, 2.24) is 5.32 Å². The molecular weight excluding hydrogens is 210 g/mol. The molecule has 2 bridgehead atoms. The predicted octanol–water partition coefficient (Wildman–Crippen LogP) is 3.04. The quantitative estimate of drug-likeness (QED) is 0.794. The van der Waals surface area contributed by atoms with Gasteiger partial charge in [0, 0.05) is 24.2 Å². The van der Waals surface area contributed by atoms with Crippen LogP contribution in [0.15, 0.2) is 11.8 Å². The van der Waals surface area contributed by atoms with Crippen molar-refractivity contribution in [1.29, 1.82) is 0 Å². The maximum absolute atomic E-state index is 11.3. The Morgan fingerprint density at radius 1 is 1.29 bits per heavy atom. The number of hydrogen-bond donors (Lipinski definition) is 1. The highest BCUT2D eigenvalue weighted by Crippen LogP contribution is 2.62. The van der Waals surface area contributed by atoms with Crippen molar-refractivity contribution in [3.05, 3.63) is 11.8 Å². The second kappa shape index (κ2) is 3.37. The fourth-order valence-electron chi connectivity index (χ4n) is 4.56. The minimum atomic E-state index is 0.290. The Balaban J connectivity index is 1.83. The summed E-state index contributed by atoms with van der Waals surface area (Å²) in [6.07, 6.45) is 7.55. The first kappa shape index (κ1) is 11.3. The van der Waals surface area contributed by atoms with Crippen molar-refractivity contribution >= 4 is 5.78 Å². The summed E-state index contributed by atoms with van der Waals surface area (Å²) in [5.74, 6) is 1.15. The van der Waals surface area contributed by atoms with Crippen molar-refractivity contribution in [3.8, 4) is 0 Å². The Labute approximate surface area is 104 Å². The summed E-state index contributed by atoms with van der Waals surface area (Å²) in [6.45, 7) is 7.23. The van der Waals surface area contributed by atoms with Crippen molar-refractivity contribution in [2.45, 2.75) is 58.9 Å². The van der Waals surface area contributed by atoms with Gasteiger partial charge in [-0.2, -0.15) is 0 Å². The minimum absolute atomic E-state index is 0.290. The van der Waals surface area contributed by atoms with Crippen molar-refractivity contribution in [3.63, 3.8) is 0 Å². The lowest BCUT2D eigenvalue weighted by Gasteiger charge is -2.44. The van der Waals surface area contributed by atoms with E-state index in [4.69, 9.17) is 0 Å². The van der Waals surface area contributed by atoms with E-state index in [-0.39, 0.29) is 0 Å². The first-order chi connectivity index (χ1) is 7.92. The molecule has 3 aliphatic carbocycles. The molecule has 3 aliphatic rings. The molecule has 2 fully saturated rings. The summed E-state index contributed by atoms with van der Waals surface area (Å²) in [7, 11) is 0. The Morgan fingerprint density at radius 2 is 2.06 bits per heavy atom. The molecule has 94 valence electrons. The highest BCUT2D eigenvalue weighted by atomic mass is 16.1. The SMILES string of the molecule is CC12CCC(C1)C(C)(C)C2NC1=CC(=O)CC1. The van der Waals surface area contributed by atoms with Crippen LogP contribution in [0.25, 0.3) is 0 Å². The van der Waals surface area contributed by atoms with Gasteiger partial charge in [0.2, 0.25) is 0 Å². The third kappa shape index (κ3) is 1.56. The van der Waals surface area contributed by atoms with Crippen molar-refractivity contribution < 1.29 is 4.79 Å². The Morgan fingerprint density at radius 3 is 2.59 bits per heavy atom. The van der Waals surface area contributed by atoms with E-state index in [1.54, 1.807) is 0 Å². The normalized spacial score (nSPS) is 43.0. The van der Waals surface area contributed by atoms with Gasteiger partial charge >= 0.3 is 0 Å². The third-order valence-corrected chi connectivity index (χ3v) is 5.58. The highest BCUT2D eigenvalue weighted by molar-refractivity contribution is 5.92. The second-order valence-corrected chi connectivity index (χ2v) is 7.13. The Hall–Kier alpha value is -0.790. The summed E-state index contributed by atoms with van der Waals surface area (Å²) >= 11 is 0. The van der Waals surface area contributed by atoms with Crippen LogP contribution in [0, 0.1) is 16.7 Å². The molecule has 17 heavy (non-hydrogen) atoms. The molecule has 2 heteroatoms. The zero-order valence-electron chi connectivity index (χ0n) is 11.2. The molecule has 0 radical (unpaired) electrons. The monoisotopic (exact) mass is 233 g/mol. The van der Waals surface area contributed by atoms with Crippen LogP contribution >= 0.6 is 0 Å². The summed E-state index contributed by atoms with van der Waals surface area (Å²) in [5.41, 5.74) is 2.00. The van der Waals surface area contributed by atoms with E-state index >= 15 is 0 Å². The smallest absolute Gasteiger partial charge is 0.157 e. The Bertz CT molecular complexity index is 391. The number of nitrogens with one attached hydrogen (secondary N) is 1. The van der Waals surface area contributed by atoms with Gasteiger partial charge in [-0.15, -0.1) is 0 Å². The molecular formula is C15H23NO. The van der Waals surface area contributed by atoms with Crippen LogP contribution in [0.4, 0.5) is 0 Å². The topological polar surface area (TPSA) is 29.1 Å². The van der Waals surface area contributed by atoms with Crippen LogP contribution in [0.2, 0.25) is 0 Å². The number of fused-ring (bicyclic) bond motifs is 2. The molecule has 2 saturated carbocycles. The van der Waals surface area contributed by atoms with E-state index in [1.165, 1.54) is 25.0 Å². The first-order valence-corrected chi connectivity index (χ1v) is 6.92. The number of carbonyl (C=O) groups excluding carboxylic acids is 1. The fourth-order valence-corrected chi connectivity index (χ4v) is 4.56. The minimum Gasteiger partial charge on any atom is -0.384 e. The maximum atomic E-state index is 11.3. The zero-order chi connectivity index (χ0) is 12.3. The molecule has 1 N–H and O–H groups in total. The van der Waals surface area contributed by atoms with E-state index in [0.29, 0.717) is 29.1 Å². The van der Waals surface area contributed by atoms with Gasteiger partial charge in [-0.05, 0) is 42.4 Å². The van der Waals surface area contributed by atoms with Gasteiger partial charge in [-0.25, -0.2) is 0 Å². The molecule has 0 amide bonds. The number of carbonyl (C=O) groups is 1. The van der Waals surface area contributed by atoms with Gasteiger partial charge in [0.1, 0.15) is 0 Å². The predicted molar refractivity (Wildman–Crippen MR) is 68.5 cm³/mol. The highest BCUT2D eigenvalue weighted by Gasteiger charge is 2.59. The molecule has 0 saturated heterocycles. The standard InChI is InChI=1S/C15H23NO/c1-14(2)10-6-7-15(3,9-10)13(14)16-11-4-5-12(17)8-11/h8,10,13,16H,4-7,9H2,1-3H3. The van der Waals surface area contributed by atoms with Gasteiger partial charge in [0.25, 0.3) is 0 Å². The van der Waals surface area contributed by atoms with Crippen molar-refractivity contribution in [2.75, 3.05) is 0 Å². The number of hydrogen-bond acceptors (Lipinski definition) is 2. The van der Waals surface area contributed by atoms with E-state index in [0.717, 1.165) is 12.3 Å². The van der Waals surface area contributed by atoms with Crippen LogP contribution < -0.4 is 5.32 Å². The Kier molecular flexibility index (Phi) is 2.24.